The van der Waals surface area contributed by atoms with E-state index in [0.717, 1.165) is 29.9 Å². The van der Waals surface area contributed by atoms with Crippen molar-refractivity contribution in [1.82, 2.24) is 0 Å². The number of hydrogen-bond acceptors (Lipinski definition) is 4. The molecule has 27 heavy (non-hydrogen) atoms. The lowest BCUT2D eigenvalue weighted by atomic mass is 10.1. The molecule has 138 valence electrons. The first kappa shape index (κ1) is 18.6. The van der Waals surface area contributed by atoms with E-state index in [9.17, 15) is 14.7 Å². The predicted octanol–water partition coefficient (Wildman–Crippen LogP) is 4.25. The van der Waals surface area contributed by atoms with Crippen LogP contribution in [-0.4, -0.2) is 29.8 Å². The number of benzene rings is 2. The summed E-state index contributed by atoms with van der Waals surface area (Å²) in [6.07, 6.45) is 8.56. The third-order valence-corrected chi connectivity index (χ3v) is 4.54. The molecule has 0 bridgehead atoms. The zero-order valence-corrected chi connectivity index (χ0v) is 15.2. The largest absolute Gasteiger partial charge is 0.508 e. The molecule has 1 heterocycles. The van der Waals surface area contributed by atoms with Gasteiger partial charge in [-0.3, -0.25) is 9.59 Å². The fourth-order valence-corrected chi connectivity index (χ4v) is 3.12. The van der Waals surface area contributed by atoms with E-state index >= 15 is 0 Å². The van der Waals surface area contributed by atoms with Crippen LogP contribution in [-0.2, 0) is 9.59 Å². The summed E-state index contributed by atoms with van der Waals surface area (Å²) < 4.78 is 0. The second-order valence-electron chi connectivity index (χ2n) is 6.62. The van der Waals surface area contributed by atoms with Crippen LogP contribution in [0.1, 0.15) is 30.4 Å². The third-order valence-electron chi connectivity index (χ3n) is 4.54. The van der Waals surface area contributed by atoms with Gasteiger partial charge in [0.2, 0.25) is 0 Å². The monoisotopic (exact) mass is 361 g/mol. The predicted molar refractivity (Wildman–Crippen MR) is 109 cm³/mol. The summed E-state index contributed by atoms with van der Waals surface area (Å²) in [5, 5.41) is 9.25. The lowest BCUT2D eigenvalue weighted by molar-refractivity contribution is -0.121. The Kier molecular flexibility index (Phi) is 6.21. The van der Waals surface area contributed by atoms with Gasteiger partial charge in [-0.05, 0) is 60.4 Å². The van der Waals surface area contributed by atoms with E-state index in [0.29, 0.717) is 0 Å². The van der Waals surface area contributed by atoms with Crippen molar-refractivity contribution in [2.45, 2.75) is 19.3 Å². The van der Waals surface area contributed by atoms with Gasteiger partial charge in [-0.25, -0.2) is 0 Å². The van der Waals surface area contributed by atoms with Gasteiger partial charge in [-0.15, -0.1) is 0 Å². The van der Waals surface area contributed by atoms with E-state index in [2.05, 4.69) is 11.0 Å². The molecule has 0 saturated carbocycles. The number of phenolic OH excluding ortho intramolecular Hbond substituents is 1. The average Bonchev–Trinajstić information content (AvgIpc) is 3.21. The summed E-state index contributed by atoms with van der Waals surface area (Å²) in [7, 11) is 0. The molecule has 0 aliphatic carbocycles. The maximum atomic E-state index is 12.1. The number of carbonyl (C=O) groups is 2. The summed E-state index contributed by atoms with van der Waals surface area (Å²) in [5.74, 6) is -0.287. The number of phenols is 1. The zero-order chi connectivity index (χ0) is 19.1. The Morgan fingerprint density at radius 2 is 1.52 bits per heavy atom. The van der Waals surface area contributed by atoms with E-state index < -0.39 is 0 Å². The van der Waals surface area contributed by atoms with Crippen molar-refractivity contribution < 1.29 is 14.7 Å². The van der Waals surface area contributed by atoms with Crippen LogP contribution < -0.4 is 4.90 Å². The van der Waals surface area contributed by atoms with E-state index in [1.807, 2.05) is 18.2 Å². The molecule has 1 saturated heterocycles. The number of nitrogens with zero attached hydrogens (tertiary/aromatic N) is 1. The maximum absolute atomic E-state index is 12.1. The number of ketones is 2. The molecule has 2 aromatic carbocycles. The quantitative estimate of drug-likeness (QED) is 0.592. The SMILES string of the molecule is O=C(C=Cc1ccc(O)cc1)CC(=O)C=Cc1ccccc1N1CCCC1. The Labute approximate surface area is 159 Å². The van der Waals surface area contributed by atoms with Gasteiger partial charge in [0.25, 0.3) is 0 Å². The molecule has 2 aromatic rings. The number of aromatic hydroxyl groups is 1. The lowest BCUT2D eigenvalue weighted by Gasteiger charge is -2.19. The molecule has 0 atom stereocenters. The van der Waals surface area contributed by atoms with Crippen molar-refractivity contribution in [3.8, 4) is 5.75 Å². The summed E-state index contributed by atoms with van der Waals surface area (Å²) in [5.41, 5.74) is 2.93. The van der Waals surface area contributed by atoms with Gasteiger partial charge in [0.1, 0.15) is 5.75 Å². The van der Waals surface area contributed by atoms with Crippen molar-refractivity contribution in [3.63, 3.8) is 0 Å². The normalized spacial score (nSPS) is 14.3. The topological polar surface area (TPSA) is 57.6 Å². The fourth-order valence-electron chi connectivity index (χ4n) is 3.12. The van der Waals surface area contributed by atoms with Crippen LogP contribution in [0.2, 0.25) is 0 Å². The van der Waals surface area contributed by atoms with Crippen LogP contribution >= 0.6 is 0 Å². The number of para-hydroxylation sites is 1. The molecule has 1 aliphatic heterocycles. The molecule has 0 unspecified atom stereocenters. The average molecular weight is 361 g/mol. The molecule has 4 heteroatoms. The van der Waals surface area contributed by atoms with E-state index in [1.165, 1.54) is 25.0 Å². The Balaban J connectivity index is 1.59. The van der Waals surface area contributed by atoms with Crippen LogP contribution in [0.15, 0.2) is 60.7 Å². The molecule has 0 radical (unpaired) electrons. The highest BCUT2D eigenvalue weighted by Crippen LogP contribution is 2.25. The van der Waals surface area contributed by atoms with E-state index in [1.54, 1.807) is 36.4 Å². The second-order valence-corrected chi connectivity index (χ2v) is 6.62. The van der Waals surface area contributed by atoms with Gasteiger partial charge in [0.05, 0.1) is 6.42 Å². The fraction of sp³-hybridized carbons (Fsp3) is 0.217. The van der Waals surface area contributed by atoms with Gasteiger partial charge in [0.15, 0.2) is 11.6 Å². The first-order valence-electron chi connectivity index (χ1n) is 9.17. The number of anilines is 1. The van der Waals surface area contributed by atoms with Crippen molar-refractivity contribution in [1.29, 1.82) is 0 Å². The minimum atomic E-state index is -0.245. The van der Waals surface area contributed by atoms with Crippen LogP contribution in [0.3, 0.4) is 0 Å². The molecule has 0 aromatic heterocycles. The molecule has 1 aliphatic rings. The number of carbonyl (C=O) groups excluding carboxylic acids is 2. The van der Waals surface area contributed by atoms with Crippen LogP contribution in [0, 0.1) is 0 Å². The van der Waals surface area contributed by atoms with Gasteiger partial charge >= 0.3 is 0 Å². The van der Waals surface area contributed by atoms with Crippen LogP contribution in [0.4, 0.5) is 5.69 Å². The van der Waals surface area contributed by atoms with Gasteiger partial charge < -0.3 is 10.0 Å². The van der Waals surface area contributed by atoms with Crippen LogP contribution in [0.25, 0.3) is 12.2 Å². The maximum Gasteiger partial charge on any atom is 0.163 e. The Hall–Kier alpha value is -3.14. The van der Waals surface area contributed by atoms with Crippen molar-refractivity contribution in [2.75, 3.05) is 18.0 Å². The number of rotatable bonds is 7. The highest BCUT2D eigenvalue weighted by atomic mass is 16.3. The van der Waals surface area contributed by atoms with Gasteiger partial charge in [0, 0.05) is 18.8 Å². The minimum Gasteiger partial charge on any atom is -0.508 e. The first-order chi connectivity index (χ1) is 13.1. The molecule has 4 nitrogen and oxygen atoms in total. The standard InChI is InChI=1S/C23H23NO3/c25-20-11-7-18(8-12-20)9-13-21(26)17-22(27)14-10-19-5-1-2-6-23(19)24-15-3-4-16-24/h1-2,5-14,25H,3-4,15-17H2. The molecular weight excluding hydrogens is 338 g/mol. The summed E-state index contributed by atoms with van der Waals surface area (Å²) in [6, 6.07) is 14.5. The molecular formula is C23H23NO3. The third kappa shape index (κ3) is 5.42. The smallest absolute Gasteiger partial charge is 0.163 e. The molecule has 1 fully saturated rings. The lowest BCUT2D eigenvalue weighted by Crippen LogP contribution is -2.18. The molecule has 3 rings (SSSR count). The van der Waals surface area contributed by atoms with E-state index in [4.69, 9.17) is 0 Å². The molecule has 0 spiro atoms. The van der Waals surface area contributed by atoms with Crippen molar-refractivity contribution >= 4 is 29.4 Å². The van der Waals surface area contributed by atoms with Gasteiger partial charge in [-0.1, -0.05) is 36.4 Å². The number of allylic oxidation sites excluding steroid dienone is 2. The molecule has 0 amide bonds. The van der Waals surface area contributed by atoms with Gasteiger partial charge in [-0.2, -0.15) is 0 Å². The van der Waals surface area contributed by atoms with E-state index in [-0.39, 0.29) is 23.7 Å². The summed E-state index contributed by atoms with van der Waals surface area (Å²) in [4.78, 5) is 26.4. The van der Waals surface area contributed by atoms with Crippen LogP contribution in [0.5, 0.6) is 5.75 Å². The number of hydrogen-bond donors (Lipinski definition) is 1. The Morgan fingerprint density at radius 1 is 0.889 bits per heavy atom. The first-order valence-corrected chi connectivity index (χ1v) is 9.17. The zero-order valence-electron chi connectivity index (χ0n) is 15.2. The van der Waals surface area contributed by atoms with Crippen molar-refractivity contribution in [3.05, 3.63) is 71.8 Å². The Morgan fingerprint density at radius 3 is 2.22 bits per heavy atom. The summed E-state index contributed by atoms with van der Waals surface area (Å²) >= 11 is 0. The molecule has 1 N–H and O–H groups in total. The minimum absolute atomic E-state index is 0.156. The highest BCUT2D eigenvalue weighted by molar-refractivity contribution is 6.11. The second kappa shape index (κ2) is 8.99. The summed E-state index contributed by atoms with van der Waals surface area (Å²) in [6.45, 7) is 2.08. The highest BCUT2D eigenvalue weighted by Gasteiger charge is 2.14. The van der Waals surface area contributed by atoms with Crippen molar-refractivity contribution in [2.24, 2.45) is 0 Å². The Bertz CT molecular complexity index is 859.